The van der Waals surface area contributed by atoms with E-state index in [1.54, 1.807) is 0 Å². The van der Waals surface area contributed by atoms with Gasteiger partial charge in [0.2, 0.25) is 0 Å². The number of anilines is 2. The normalized spacial score (nSPS) is 15.4. The summed E-state index contributed by atoms with van der Waals surface area (Å²) >= 11 is 0. The summed E-state index contributed by atoms with van der Waals surface area (Å²) in [6.45, 7) is 4.73. The predicted octanol–water partition coefficient (Wildman–Crippen LogP) is 15.4. The Labute approximate surface area is 349 Å². The summed E-state index contributed by atoms with van der Waals surface area (Å²) in [5, 5.41) is 4.68. The number of nitrogens with zero attached hydrogens (tertiary/aromatic N) is 2. The van der Waals surface area contributed by atoms with Crippen LogP contribution in [0.15, 0.2) is 210 Å². The van der Waals surface area contributed by atoms with Crippen LogP contribution in [0.2, 0.25) is 0 Å². The van der Waals surface area contributed by atoms with Crippen molar-refractivity contribution in [3.63, 3.8) is 0 Å². The Morgan fingerprint density at radius 3 is 2.15 bits per heavy atom. The zero-order chi connectivity index (χ0) is 40.0. The van der Waals surface area contributed by atoms with Gasteiger partial charge in [0, 0.05) is 50.1 Å². The standard InChI is InChI=1S/C57H42N2O/c1-57(2)49-23-11-9-19-44(49)45-33-29-39(35-50(45)57)37-27-30-41(31-28-37)58(42-32-34-47-46-20-10-12-24-51(46)59(53(47)36-42)40-17-7-4-8-18-40)52-25-14-26-54-55(52)48-22-13-21-43(56(48)60-54)38-15-5-3-6-16-38/h3-27,29-37H,28H2,1-2H3. The van der Waals surface area contributed by atoms with Crippen LogP contribution in [0.1, 0.15) is 42.9 Å². The molecule has 0 amide bonds. The first kappa shape index (κ1) is 34.7. The Hall–Kier alpha value is -7.36. The van der Waals surface area contributed by atoms with Gasteiger partial charge in [0.1, 0.15) is 11.2 Å². The van der Waals surface area contributed by atoms with Crippen molar-refractivity contribution in [3.8, 4) is 27.9 Å². The Bertz CT molecular complexity index is 3380. The Kier molecular flexibility index (Phi) is 7.71. The maximum atomic E-state index is 6.82. The molecule has 2 aromatic heterocycles. The van der Waals surface area contributed by atoms with Crippen LogP contribution in [0.5, 0.6) is 0 Å². The van der Waals surface area contributed by atoms with E-state index in [0.29, 0.717) is 0 Å². The SMILES string of the molecule is CC1(C)c2ccccc2-c2ccc(C3C=CC(N(c4ccc5c6ccccc6n(-c6ccccc6)c5c4)c4cccc5oc6c(-c7ccccc7)cccc6c45)=CC3)cc21. The first-order chi connectivity index (χ1) is 29.5. The van der Waals surface area contributed by atoms with E-state index in [4.69, 9.17) is 4.42 Å². The van der Waals surface area contributed by atoms with Gasteiger partial charge < -0.3 is 13.9 Å². The minimum atomic E-state index is -0.0363. The van der Waals surface area contributed by atoms with Crippen LogP contribution in [0.25, 0.3) is 71.7 Å². The van der Waals surface area contributed by atoms with Crippen molar-refractivity contribution in [2.45, 2.75) is 31.6 Å². The summed E-state index contributed by atoms with van der Waals surface area (Å²) in [6, 6.07) is 66.1. The maximum Gasteiger partial charge on any atom is 0.143 e. The van der Waals surface area contributed by atoms with Crippen LogP contribution < -0.4 is 4.90 Å². The van der Waals surface area contributed by atoms with Crippen molar-refractivity contribution in [1.29, 1.82) is 0 Å². The van der Waals surface area contributed by atoms with Crippen LogP contribution in [0, 0.1) is 0 Å². The van der Waals surface area contributed by atoms with E-state index in [9.17, 15) is 0 Å². The lowest BCUT2D eigenvalue weighted by Crippen LogP contribution is -2.18. The van der Waals surface area contributed by atoms with Gasteiger partial charge in [0.15, 0.2) is 0 Å². The molecule has 286 valence electrons. The van der Waals surface area contributed by atoms with Crippen molar-refractivity contribution in [1.82, 2.24) is 4.57 Å². The van der Waals surface area contributed by atoms with E-state index in [1.807, 2.05) is 0 Å². The van der Waals surface area contributed by atoms with Gasteiger partial charge in [0.05, 0.1) is 22.1 Å². The van der Waals surface area contributed by atoms with Gasteiger partial charge in [0.25, 0.3) is 0 Å². The van der Waals surface area contributed by atoms with Crippen LogP contribution >= 0.6 is 0 Å². The molecule has 0 radical (unpaired) electrons. The summed E-state index contributed by atoms with van der Waals surface area (Å²) in [6.07, 6.45) is 8.08. The quantitative estimate of drug-likeness (QED) is 0.168. The number of benzene rings is 8. The first-order valence-electron chi connectivity index (χ1n) is 21.0. The molecule has 2 aliphatic rings. The summed E-state index contributed by atoms with van der Waals surface area (Å²) in [5.74, 6) is 0.266. The van der Waals surface area contributed by atoms with Crippen LogP contribution in [-0.4, -0.2) is 4.57 Å². The van der Waals surface area contributed by atoms with E-state index in [2.05, 4.69) is 224 Å². The minimum absolute atomic E-state index is 0.0363. The zero-order valence-electron chi connectivity index (χ0n) is 33.6. The van der Waals surface area contributed by atoms with Crippen LogP contribution in [0.4, 0.5) is 11.4 Å². The lowest BCUT2D eigenvalue weighted by molar-refractivity contribution is 0.658. The van der Waals surface area contributed by atoms with Gasteiger partial charge in [-0.3, -0.25) is 0 Å². The highest BCUT2D eigenvalue weighted by Gasteiger charge is 2.35. The molecule has 8 aromatic carbocycles. The summed E-state index contributed by atoms with van der Waals surface area (Å²) in [7, 11) is 0. The third kappa shape index (κ3) is 5.22. The topological polar surface area (TPSA) is 21.3 Å². The fourth-order valence-corrected chi connectivity index (χ4v) is 10.2. The summed E-state index contributed by atoms with van der Waals surface area (Å²) in [4.78, 5) is 2.45. The van der Waals surface area contributed by atoms with E-state index in [0.717, 1.165) is 62.2 Å². The largest absolute Gasteiger partial charge is 0.455 e. The molecule has 0 aliphatic heterocycles. The molecule has 1 atom stereocenters. The summed E-state index contributed by atoms with van der Waals surface area (Å²) in [5.41, 5.74) is 17.7. The number of fused-ring (bicyclic) bond motifs is 9. The monoisotopic (exact) mass is 770 g/mol. The number of rotatable bonds is 6. The molecule has 2 aliphatic carbocycles. The van der Waals surface area contributed by atoms with Crippen LogP contribution in [0.3, 0.4) is 0 Å². The van der Waals surface area contributed by atoms with Crippen molar-refractivity contribution in [3.05, 3.63) is 223 Å². The van der Waals surface area contributed by atoms with E-state index < -0.39 is 0 Å². The van der Waals surface area contributed by atoms with Gasteiger partial charge in [-0.1, -0.05) is 166 Å². The molecule has 1 unspecified atom stereocenters. The third-order valence-corrected chi connectivity index (χ3v) is 13.1. The number of allylic oxidation sites excluding steroid dienone is 3. The fourth-order valence-electron chi connectivity index (χ4n) is 10.2. The molecule has 60 heavy (non-hydrogen) atoms. The second-order valence-electron chi connectivity index (χ2n) is 16.8. The Morgan fingerprint density at radius 2 is 1.30 bits per heavy atom. The van der Waals surface area contributed by atoms with Gasteiger partial charge in [-0.05, 0) is 88.3 Å². The van der Waals surface area contributed by atoms with E-state index in [-0.39, 0.29) is 11.3 Å². The third-order valence-electron chi connectivity index (χ3n) is 13.1. The Morgan fingerprint density at radius 1 is 0.583 bits per heavy atom. The second-order valence-corrected chi connectivity index (χ2v) is 16.8. The molecule has 10 aromatic rings. The van der Waals surface area contributed by atoms with Gasteiger partial charge in [-0.15, -0.1) is 0 Å². The van der Waals surface area contributed by atoms with E-state index in [1.165, 1.54) is 49.6 Å². The molecule has 0 saturated heterocycles. The minimum Gasteiger partial charge on any atom is -0.455 e. The fraction of sp³-hybridized carbons (Fsp3) is 0.0877. The highest BCUT2D eigenvalue weighted by molar-refractivity contribution is 6.16. The molecular formula is C57H42N2O. The maximum absolute atomic E-state index is 6.82. The average molecular weight is 771 g/mol. The zero-order valence-corrected chi connectivity index (χ0v) is 33.6. The number of para-hydroxylation sites is 3. The summed E-state index contributed by atoms with van der Waals surface area (Å²) < 4.78 is 9.23. The lowest BCUT2D eigenvalue weighted by atomic mass is 9.80. The molecule has 2 heterocycles. The van der Waals surface area contributed by atoms with Crippen molar-refractivity contribution >= 4 is 55.1 Å². The van der Waals surface area contributed by atoms with Crippen molar-refractivity contribution in [2.75, 3.05) is 4.90 Å². The smallest absolute Gasteiger partial charge is 0.143 e. The van der Waals surface area contributed by atoms with Crippen LogP contribution in [-0.2, 0) is 5.41 Å². The lowest BCUT2D eigenvalue weighted by Gasteiger charge is -2.30. The number of furan rings is 1. The number of aromatic nitrogens is 1. The molecule has 0 N–H and O–H groups in total. The average Bonchev–Trinajstić information content (AvgIpc) is 3.93. The molecule has 0 saturated carbocycles. The highest BCUT2D eigenvalue weighted by atomic mass is 16.3. The molecule has 3 nitrogen and oxygen atoms in total. The van der Waals surface area contributed by atoms with Crippen molar-refractivity contribution in [2.24, 2.45) is 0 Å². The molecule has 0 spiro atoms. The Balaban J connectivity index is 1.03. The van der Waals surface area contributed by atoms with Gasteiger partial charge in [-0.25, -0.2) is 0 Å². The molecule has 0 bridgehead atoms. The molecule has 12 rings (SSSR count). The molecule has 0 fully saturated rings. The van der Waals surface area contributed by atoms with Gasteiger partial charge in [-0.2, -0.15) is 0 Å². The molecular weight excluding hydrogens is 729 g/mol. The number of hydrogen-bond donors (Lipinski definition) is 0. The second kappa shape index (κ2) is 13.3. The van der Waals surface area contributed by atoms with E-state index >= 15 is 0 Å². The molecule has 3 heteroatoms. The van der Waals surface area contributed by atoms with Crippen molar-refractivity contribution < 1.29 is 4.42 Å². The predicted molar refractivity (Wildman–Crippen MR) is 251 cm³/mol. The highest BCUT2D eigenvalue weighted by Crippen LogP contribution is 2.50. The first-order valence-corrected chi connectivity index (χ1v) is 21.0. The number of hydrogen-bond acceptors (Lipinski definition) is 2. The van der Waals surface area contributed by atoms with Gasteiger partial charge >= 0.3 is 0 Å².